The van der Waals surface area contributed by atoms with Gasteiger partial charge in [0.15, 0.2) is 0 Å². The standard InChI is InChI=1S/C13H21N3OS/c1-16-5-4-14-11(8-16)12-9-18-13(15-12)10-2-6-17-7-3-10/h9-11,14H,2-8H2,1H3. The van der Waals surface area contributed by atoms with Crippen molar-refractivity contribution in [2.24, 2.45) is 0 Å². The van der Waals surface area contributed by atoms with Gasteiger partial charge in [-0.05, 0) is 19.9 Å². The second-order valence-electron chi connectivity index (χ2n) is 5.27. The minimum atomic E-state index is 0.411. The van der Waals surface area contributed by atoms with Gasteiger partial charge in [0.1, 0.15) is 0 Å². The molecule has 2 aliphatic rings. The monoisotopic (exact) mass is 267 g/mol. The van der Waals surface area contributed by atoms with Crippen LogP contribution in [0, 0.1) is 0 Å². The maximum Gasteiger partial charge on any atom is 0.0961 e. The van der Waals surface area contributed by atoms with E-state index in [1.165, 1.54) is 10.7 Å². The molecule has 1 unspecified atom stereocenters. The Hall–Kier alpha value is -0.490. The summed E-state index contributed by atoms with van der Waals surface area (Å²) in [6, 6.07) is 0.411. The summed E-state index contributed by atoms with van der Waals surface area (Å²) in [5, 5.41) is 7.11. The van der Waals surface area contributed by atoms with E-state index in [-0.39, 0.29) is 0 Å². The van der Waals surface area contributed by atoms with Crippen LogP contribution >= 0.6 is 11.3 Å². The zero-order valence-electron chi connectivity index (χ0n) is 10.9. The lowest BCUT2D eigenvalue weighted by molar-refractivity contribution is 0.0852. The predicted molar refractivity (Wildman–Crippen MR) is 73.1 cm³/mol. The third-order valence-electron chi connectivity index (χ3n) is 3.85. The van der Waals surface area contributed by atoms with Gasteiger partial charge in [-0.15, -0.1) is 11.3 Å². The van der Waals surface area contributed by atoms with E-state index in [4.69, 9.17) is 9.72 Å². The Bertz CT molecular complexity index is 389. The molecule has 1 atom stereocenters. The number of ether oxygens (including phenoxy) is 1. The molecule has 5 heteroatoms. The van der Waals surface area contributed by atoms with Crippen LogP contribution in [0.25, 0.3) is 0 Å². The highest BCUT2D eigenvalue weighted by Crippen LogP contribution is 2.31. The number of rotatable bonds is 2. The first-order chi connectivity index (χ1) is 8.83. The Morgan fingerprint density at radius 2 is 2.28 bits per heavy atom. The van der Waals surface area contributed by atoms with E-state index in [1.807, 2.05) is 11.3 Å². The lowest BCUT2D eigenvalue weighted by atomic mass is 10.0. The van der Waals surface area contributed by atoms with Crippen LogP contribution in [0.4, 0.5) is 0 Å². The first kappa shape index (κ1) is 12.5. The van der Waals surface area contributed by atoms with Gasteiger partial charge in [-0.25, -0.2) is 4.98 Å². The number of hydrogen-bond acceptors (Lipinski definition) is 5. The molecule has 3 heterocycles. The van der Waals surface area contributed by atoms with E-state index in [9.17, 15) is 0 Å². The molecular weight excluding hydrogens is 246 g/mol. The molecule has 0 aromatic carbocycles. The minimum absolute atomic E-state index is 0.411. The number of thiazole rings is 1. The van der Waals surface area contributed by atoms with Gasteiger partial charge in [0, 0.05) is 44.1 Å². The highest BCUT2D eigenvalue weighted by molar-refractivity contribution is 7.09. The molecule has 1 aromatic rings. The number of aromatic nitrogens is 1. The lowest BCUT2D eigenvalue weighted by Crippen LogP contribution is -2.43. The van der Waals surface area contributed by atoms with Gasteiger partial charge in [-0.3, -0.25) is 0 Å². The molecule has 0 amide bonds. The molecule has 2 aliphatic heterocycles. The Morgan fingerprint density at radius 3 is 3.06 bits per heavy atom. The highest BCUT2D eigenvalue weighted by Gasteiger charge is 2.23. The van der Waals surface area contributed by atoms with Gasteiger partial charge in [-0.2, -0.15) is 0 Å². The van der Waals surface area contributed by atoms with Crippen molar-refractivity contribution >= 4 is 11.3 Å². The Kier molecular flexibility index (Phi) is 3.94. The molecule has 2 saturated heterocycles. The van der Waals surface area contributed by atoms with Crippen molar-refractivity contribution in [1.29, 1.82) is 0 Å². The fourth-order valence-corrected chi connectivity index (χ4v) is 3.73. The van der Waals surface area contributed by atoms with Crippen LogP contribution < -0.4 is 5.32 Å². The first-order valence-electron chi connectivity index (χ1n) is 6.78. The van der Waals surface area contributed by atoms with E-state index >= 15 is 0 Å². The van der Waals surface area contributed by atoms with Crippen LogP contribution in [-0.4, -0.2) is 49.8 Å². The van der Waals surface area contributed by atoms with Crippen molar-refractivity contribution in [2.45, 2.75) is 24.8 Å². The molecule has 0 saturated carbocycles. The maximum atomic E-state index is 5.42. The molecule has 0 aliphatic carbocycles. The van der Waals surface area contributed by atoms with Crippen molar-refractivity contribution in [2.75, 3.05) is 39.9 Å². The van der Waals surface area contributed by atoms with Crippen molar-refractivity contribution < 1.29 is 4.74 Å². The zero-order valence-corrected chi connectivity index (χ0v) is 11.7. The summed E-state index contributed by atoms with van der Waals surface area (Å²) >= 11 is 1.83. The van der Waals surface area contributed by atoms with Crippen LogP contribution in [0.15, 0.2) is 5.38 Å². The molecule has 1 aromatic heterocycles. The van der Waals surface area contributed by atoms with Gasteiger partial charge in [-0.1, -0.05) is 0 Å². The van der Waals surface area contributed by atoms with Crippen molar-refractivity contribution in [1.82, 2.24) is 15.2 Å². The van der Waals surface area contributed by atoms with E-state index in [1.54, 1.807) is 0 Å². The topological polar surface area (TPSA) is 37.4 Å². The number of nitrogens with zero attached hydrogens (tertiary/aromatic N) is 2. The van der Waals surface area contributed by atoms with Crippen molar-refractivity contribution in [3.8, 4) is 0 Å². The quantitative estimate of drug-likeness (QED) is 0.883. The molecule has 4 nitrogen and oxygen atoms in total. The largest absolute Gasteiger partial charge is 0.381 e. The molecular formula is C13H21N3OS. The molecule has 0 bridgehead atoms. The van der Waals surface area contributed by atoms with Gasteiger partial charge in [0.2, 0.25) is 0 Å². The van der Waals surface area contributed by atoms with Crippen molar-refractivity contribution in [3.63, 3.8) is 0 Å². The Balaban J connectivity index is 1.68. The van der Waals surface area contributed by atoms with Crippen LogP contribution in [0.2, 0.25) is 0 Å². The molecule has 2 fully saturated rings. The SMILES string of the molecule is CN1CCNC(c2csc(C3CCOCC3)n2)C1. The summed E-state index contributed by atoms with van der Waals surface area (Å²) in [6.07, 6.45) is 2.26. The molecule has 0 radical (unpaired) electrons. The second-order valence-corrected chi connectivity index (χ2v) is 6.16. The summed E-state index contributed by atoms with van der Waals surface area (Å²) in [6.45, 7) is 5.05. The molecule has 18 heavy (non-hydrogen) atoms. The third kappa shape index (κ3) is 2.74. The van der Waals surface area contributed by atoms with Gasteiger partial charge < -0.3 is 15.0 Å². The Morgan fingerprint density at radius 1 is 1.44 bits per heavy atom. The number of hydrogen-bond donors (Lipinski definition) is 1. The number of nitrogens with one attached hydrogen (secondary N) is 1. The normalized spacial score (nSPS) is 27.5. The van der Waals surface area contributed by atoms with Crippen molar-refractivity contribution in [3.05, 3.63) is 16.1 Å². The Labute approximate surface area is 112 Å². The molecule has 1 N–H and O–H groups in total. The minimum Gasteiger partial charge on any atom is -0.381 e. The molecule has 0 spiro atoms. The van der Waals surface area contributed by atoms with E-state index in [2.05, 4.69) is 22.6 Å². The fraction of sp³-hybridized carbons (Fsp3) is 0.769. The van der Waals surface area contributed by atoms with E-state index in [0.717, 1.165) is 45.7 Å². The van der Waals surface area contributed by atoms with Gasteiger partial charge >= 0.3 is 0 Å². The summed E-state index contributed by atoms with van der Waals surface area (Å²) < 4.78 is 5.42. The summed E-state index contributed by atoms with van der Waals surface area (Å²) in [5.74, 6) is 0.624. The summed E-state index contributed by atoms with van der Waals surface area (Å²) in [4.78, 5) is 7.24. The average molecular weight is 267 g/mol. The molecule has 100 valence electrons. The third-order valence-corrected chi connectivity index (χ3v) is 4.87. The summed E-state index contributed by atoms with van der Waals surface area (Å²) in [5.41, 5.74) is 1.23. The highest BCUT2D eigenvalue weighted by atomic mass is 32.1. The second kappa shape index (κ2) is 5.65. The fourth-order valence-electron chi connectivity index (χ4n) is 2.69. The zero-order chi connectivity index (χ0) is 12.4. The van der Waals surface area contributed by atoms with Gasteiger partial charge in [0.25, 0.3) is 0 Å². The maximum absolute atomic E-state index is 5.42. The first-order valence-corrected chi connectivity index (χ1v) is 7.66. The smallest absolute Gasteiger partial charge is 0.0961 e. The number of piperazine rings is 1. The molecule has 3 rings (SSSR count). The van der Waals surface area contributed by atoms with E-state index < -0.39 is 0 Å². The lowest BCUT2D eigenvalue weighted by Gasteiger charge is -2.29. The van der Waals surface area contributed by atoms with Gasteiger partial charge in [0.05, 0.1) is 16.7 Å². The summed E-state index contributed by atoms with van der Waals surface area (Å²) in [7, 11) is 2.18. The van der Waals surface area contributed by atoms with Crippen LogP contribution in [0.5, 0.6) is 0 Å². The van der Waals surface area contributed by atoms with E-state index in [0.29, 0.717) is 12.0 Å². The number of likely N-dealkylation sites (N-methyl/N-ethyl adjacent to an activating group) is 1. The van der Waals surface area contributed by atoms with Crippen LogP contribution in [-0.2, 0) is 4.74 Å². The van der Waals surface area contributed by atoms with Crippen LogP contribution in [0.1, 0.15) is 35.5 Å². The van der Waals surface area contributed by atoms with Crippen LogP contribution in [0.3, 0.4) is 0 Å². The predicted octanol–water partition coefficient (Wildman–Crippen LogP) is 1.61. The average Bonchev–Trinajstić information content (AvgIpc) is 2.89.